The second-order valence-corrected chi connectivity index (χ2v) is 3.71. The Labute approximate surface area is 91.3 Å². The molecule has 0 amide bonds. The first-order chi connectivity index (χ1) is 6.97. The summed E-state index contributed by atoms with van der Waals surface area (Å²) in [6.45, 7) is 0. The number of fused-ring (bicyclic) bond motifs is 1. The number of hydrogen-bond acceptors (Lipinski definition) is 2. The van der Waals surface area contributed by atoms with Crippen molar-refractivity contribution in [2.24, 2.45) is 0 Å². The van der Waals surface area contributed by atoms with Crippen LogP contribution in [0.5, 0.6) is 0 Å². The van der Waals surface area contributed by atoms with E-state index in [1.807, 2.05) is 0 Å². The van der Waals surface area contributed by atoms with E-state index in [1.165, 1.54) is 12.3 Å². The highest BCUT2D eigenvalue weighted by molar-refractivity contribution is 9.10. The first kappa shape index (κ1) is 10.4. The molecule has 0 aliphatic heterocycles. The minimum absolute atomic E-state index is 0.230. The maximum Gasteiger partial charge on any atom is 0.416 e. The number of benzene rings is 1. The molecule has 0 aliphatic carbocycles. The van der Waals surface area contributed by atoms with Crippen molar-refractivity contribution in [2.45, 2.75) is 6.18 Å². The maximum atomic E-state index is 12.3. The fourth-order valence-corrected chi connectivity index (χ4v) is 1.46. The van der Waals surface area contributed by atoms with Gasteiger partial charge in [-0.05, 0) is 34.1 Å². The fraction of sp³-hybridized carbons (Fsp3) is 0.111. The van der Waals surface area contributed by atoms with E-state index in [9.17, 15) is 13.2 Å². The number of nitrogens with zero attached hydrogens (tertiary/aromatic N) is 2. The summed E-state index contributed by atoms with van der Waals surface area (Å²) < 4.78 is 37.5. The summed E-state index contributed by atoms with van der Waals surface area (Å²) in [5.41, 5.74) is -0.0583. The lowest BCUT2D eigenvalue weighted by Gasteiger charge is -2.06. The molecule has 1 aromatic carbocycles. The smallest absolute Gasteiger partial charge is 0.252 e. The standard InChI is InChI=1S/C9H4BrF3N2/c10-8-4-14-7-3-5(9(11,12)13)1-2-6(7)15-8/h1-4H. The lowest BCUT2D eigenvalue weighted by Crippen LogP contribution is -2.04. The van der Waals surface area contributed by atoms with Gasteiger partial charge in [0, 0.05) is 0 Å². The molecule has 2 rings (SSSR count). The van der Waals surface area contributed by atoms with Crippen molar-refractivity contribution in [3.63, 3.8) is 0 Å². The maximum absolute atomic E-state index is 12.3. The van der Waals surface area contributed by atoms with Gasteiger partial charge in [-0.3, -0.25) is 4.98 Å². The van der Waals surface area contributed by atoms with E-state index in [4.69, 9.17) is 0 Å². The molecule has 2 aromatic rings. The highest BCUT2D eigenvalue weighted by atomic mass is 79.9. The van der Waals surface area contributed by atoms with Crippen LogP contribution in [-0.2, 0) is 6.18 Å². The first-order valence-corrected chi connectivity index (χ1v) is 4.75. The van der Waals surface area contributed by atoms with E-state index < -0.39 is 11.7 Å². The summed E-state index contributed by atoms with van der Waals surface area (Å²) in [7, 11) is 0. The van der Waals surface area contributed by atoms with Crippen molar-refractivity contribution in [1.82, 2.24) is 9.97 Å². The molecule has 15 heavy (non-hydrogen) atoms. The first-order valence-electron chi connectivity index (χ1n) is 3.96. The van der Waals surface area contributed by atoms with Gasteiger partial charge in [0.1, 0.15) is 4.60 Å². The third-order valence-corrected chi connectivity index (χ3v) is 2.22. The summed E-state index contributed by atoms with van der Waals surface area (Å²) in [5, 5.41) is 0. The fourth-order valence-electron chi connectivity index (χ4n) is 1.16. The monoisotopic (exact) mass is 276 g/mol. The van der Waals surface area contributed by atoms with Crippen LogP contribution >= 0.6 is 15.9 Å². The molecule has 0 spiro atoms. The average molecular weight is 277 g/mol. The van der Waals surface area contributed by atoms with Gasteiger partial charge in [-0.25, -0.2) is 4.98 Å². The van der Waals surface area contributed by atoms with E-state index in [0.717, 1.165) is 12.1 Å². The highest BCUT2D eigenvalue weighted by Gasteiger charge is 2.30. The lowest BCUT2D eigenvalue weighted by atomic mass is 10.2. The minimum Gasteiger partial charge on any atom is -0.252 e. The van der Waals surface area contributed by atoms with Gasteiger partial charge in [0.15, 0.2) is 0 Å². The Bertz CT molecular complexity index is 510. The number of aromatic nitrogens is 2. The quantitative estimate of drug-likeness (QED) is 0.737. The summed E-state index contributed by atoms with van der Waals surface area (Å²) in [5.74, 6) is 0. The Morgan fingerprint density at radius 3 is 2.53 bits per heavy atom. The molecule has 0 radical (unpaired) electrons. The summed E-state index contributed by atoms with van der Waals surface area (Å²) >= 11 is 3.09. The van der Waals surface area contributed by atoms with Crippen LogP contribution in [0.2, 0.25) is 0 Å². The van der Waals surface area contributed by atoms with Crippen molar-refractivity contribution in [2.75, 3.05) is 0 Å². The van der Waals surface area contributed by atoms with Crippen LogP contribution in [0.4, 0.5) is 13.2 Å². The van der Waals surface area contributed by atoms with Crippen LogP contribution in [0.25, 0.3) is 11.0 Å². The molecule has 0 unspecified atom stereocenters. The molecule has 2 nitrogen and oxygen atoms in total. The summed E-state index contributed by atoms with van der Waals surface area (Å²) in [6, 6.07) is 3.27. The molecule has 0 aliphatic rings. The zero-order chi connectivity index (χ0) is 11.1. The van der Waals surface area contributed by atoms with E-state index >= 15 is 0 Å². The minimum atomic E-state index is -4.34. The Morgan fingerprint density at radius 1 is 1.13 bits per heavy atom. The topological polar surface area (TPSA) is 25.8 Å². The van der Waals surface area contributed by atoms with Gasteiger partial charge in [0.2, 0.25) is 0 Å². The normalized spacial score (nSPS) is 12.0. The molecule has 6 heteroatoms. The van der Waals surface area contributed by atoms with Crippen LogP contribution in [0.3, 0.4) is 0 Å². The van der Waals surface area contributed by atoms with Crippen molar-refractivity contribution >= 4 is 27.0 Å². The average Bonchev–Trinajstić information content (AvgIpc) is 2.15. The van der Waals surface area contributed by atoms with E-state index in [1.54, 1.807) is 0 Å². The van der Waals surface area contributed by atoms with Crippen molar-refractivity contribution in [3.8, 4) is 0 Å². The van der Waals surface area contributed by atoms with Gasteiger partial charge >= 0.3 is 6.18 Å². The molecular weight excluding hydrogens is 273 g/mol. The van der Waals surface area contributed by atoms with Crippen molar-refractivity contribution in [3.05, 3.63) is 34.6 Å². The predicted molar refractivity (Wildman–Crippen MR) is 52.2 cm³/mol. The molecule has 0 N–H and O–H groups in total. The second-order valence-electron chi connectivity index (χ2n) is 2.89. The molecule has 0 bridgehead atoms. The van der Waals surface area contributed by atoms with Crippen LogP contribution < -0.4 is 0 Å². The van der Waals surface area contributed by atoms with E-state index in [0.29, 0.717) is 10.1 Å². The van der Waals surface area contributed by atoms with Crippen molar-refractivity contribution < 1.29 is 13.2 Å². The highest BCUT2D eigenvalue weighted by Crippen LogP contribution is 2.30. The summed E-state index contributed by atoms with van der Waals surface area (Å²) in [6.07, 6.45) is -2.98. The predicted octanol–water partition coefficient (Wildman–Crippen LogP) is 3.41. The zero-order valence-corrected chi connectivity index (χ0v) is 8.80. The summed E-state index contributed by atoms with van der Waals surface area (Å²) in [4.78, 5) is 7.83. The SMILES string of the molecule is FC(F)(F)c1ccc2nc(Br)cnc2c1. The second kappa shape index (κ2) is 3.44. The van der Waals surface area contributed by atoms with E-state index in [2.05, 4.69) is 25.9 Å². The van der Waals surface area contributed by atoms with Crippen molar-refractivity contribution in [1.29, 1.82) is 0 Å². The Morgan fingerprint density at radius 2 is 1.87 bits per heavy atom. The number of hydrogen-bond donors (Lipinski definition) is 0. The largest absolute Gasteiger partial charge is 0.416 e. The molecule has 1 aromatic heterocycles. The van der Waals surface area contributed by atoms with Gasteiger partial charge in [-0.2, -0.15) is 13.2 Å². The van der Waals surface area contributed by atoms with Gasteiger partial charge in [0.05, 0.1) is 22.8 Å². The molecule has 0 saturated carbocycles. The Kier molecular flexibility index (Phi) is 2.38. The van der Waals surface area contributed by atoms with Gasteiger partial charge in [-0.15, -0.1) is 0 Å². The third kappa shape index (κ3) is 2.09. The van der Waals surface area contributed by atoms with Crippen LogP contribution in [0.1, 0.15) is 5.56 Å². The molecule has 0 atom stereocenters. The molecule has 78 valence electrons. The van der Waals surface area contributed by atoms with E-state index in [-0.39, 0.29) is 5.52 Å². The lowest BCUT2D eigenvalue weighted by molar-refractivity contribution is -0.137. The molecule has 1 heterocycles. The zero-order valence-electron chi connectivity index (χ0n) is 7.22. The Balaban J connectivity index is 2.62. The van der Waals surface area contributed by atoms with Crippen LogP contribution in [0.15, 0.2) is 29.0 Å². The van der Waals surface area contributed by atoms with Gasteiger partial charge in [0.25, 0.3) is 0 Å². The van der Waals surface area contributed by atoms with Gasteiger partial charge < -0.3 is 0 Å². The Hall–Kier alpha value is -1.17. The number of halogens is 4. The third-order valence-electron chi connectivity index (χ3n) is 1.84. The number of rotatable bonds is 0. The van der Waals surface area contributed by atoms with Crippen LogP contribution in [-0.4, -0.2) is 9.97 Å². The molecule has 0 fully saturated rings. The van der Waals surface area contributed by atoms with Gasteiger partial charge in [-0.1, -0.05) is 0 Å². The molecular formula is C9H4BrF3N2. The number of alkyl halides is 3. The molecule has 0 saturated heterocycles. The van der Waals surface area contributed by atoms with Crippen LogP contribution in [0, 0.1) is 0 Å².